The van der Waals surface area contributed by atoms with E-state index in [-0.39, 0.29) is 5.78 Å². The van der Waals surface area contributed by atoms with Crippen LogP contribution in [0.4, 0.5) is 0 Å². The molecule has 5 heteroatoms. The number of H-pyrrole nitrogens is 1. The molecule has 1 aliphatic rings. The Morgan fingerprint density at radius 1 is 1.22 bits per heavy atom. The minimum absolute atomic E-state index is 0.192. The smallest absolute Gasteiger partial charge is 0.176 e. The highest BCUT2D eigenvalue weighted by Gasteiger charge is 2.19. The number of carbonyl (C=O) groups is 1. The van der Waals surface area contributed by atoms with Gasteiger partial charge in [0.2, 0.25) is 0 Å². The number of rotatable bonds is 5. The largest absolute Gasteiger partial charge is 0.342 e. The number of imidazole rings is 1. The van der Waals surface area contributed by atoms with Crippen LogP contribution in [0, 0.1) is 0 Å². The van der Waals surface area contributed by atoms with E-state index in [4.69, 9.17) is 0 Å². The van der Waals surface area contributed by atoms with Gasteiger partial charge < -0.3 is 9.88 Å². The van der Waals surface area contributed by atoms with E-state index in [1.54, 1.807) is 0 Å². The molecule has 0 radical (unpaired) electrons. The number of ketones is 1. The first kappa shape index (κ1) is 16.1. The van der Waals surface area contributed by atoms with Gasteiger partial charge in [0.1, 0.15) is 5.82 Å². The van der Waals surface area contributed by atoms with E-state index in [2.05, 4.69) is 40.5 Å². The second kappa shape index (κ2) is 6.81. The molecule has 0 spiro atoms. The molecule has 3 rings (SSSR count). The van der Waals surface area contributed by atoms with Crippen molar-refractivity contribution in [1.29, 1.82) is 0 Å². The van der Waals surface area contributed by atoms with E-state index in [0.29, 0.717) is 12.5 Å². The normalized spacial score (nSPS) is 17.2. The first-order chi connectivity index (χ1) is 11.1. The molecule has 1 saturated heterocycles. The lowest BCUT2D eigenvalue weighted by atomic mass is 10.1. The highest BCUT2D eigenvalue weighted by molar-refractivity contribution is 6.00. The molecule has 0 bridgehead atoms. The van der Waals surface area contributed by atoms with Crippen LogP contribution in [0.15, 0.2) is 18.2 Å². The molecule has 1 aromatic heterocycles. The maximum Gasteiger partial charge on any atom is 0.176 e. The van der Waals surface area contributed by atoms with Crippen LogP contribution in [0.2, 0.25) is 0 Å². The lowest BCUT2D eigenvalue weighted by molar-refractivity contribution is 0.0859. The number of likely N-dealkylation sites (N-methyl/N-ethyl adjacent to an activating group) is 1. The summed E-state index contributed by atoms with van der Waals surface area (Å²) in [5.41, 5.74) is 2.66. The topological polar surface area (TPSA) is 52.2 Å². The Morgan fingerprint density at radius 2 is 1.91 bits per heavy atom. The van der Waals surface area contributed by atoms with Crippen molar-refractivity contribution in [3.8, 4) is 0 Å². The molecule has 124 valence electrons. The maximum absolute atomic E-state index is 12.6. The third kappa shape index (κ3) is 3.62. The van der Waals surface area contributed by atoms with Crippen molar-refractivity contribution in [2.45, 2.75) is 26.7 Å². The van der Waals surface area contributed by atoms with Crippen LogP contribution in [-0.4, -0.2) is 64.8 Å². The van der Waals surface area contributed by atoms with Gasteiger partial charge in [-0.05, 0) is 24.7 Å². The molecular formula is C18H26N4O. The molecular weight excluding hydrogens is 288 g/mol. The van der Waals surface area contributed by atoms with Crippen LogP contribution < -0.4 is 0 Å². The average molecular weight is 314 g/mol. The Balaban J connectivity index is 1.68. The molecule has 1 aliphatic heterocycles. The van der Waals surface area contributed by atoms with Crippen LogP contribution in [0.1, 0.15) is 42.9 Å². The van der Waals surface area contributed by atoms with Crippen molar-refractivity contribution in [3.05, 3.63) is 29.6 Å². The summed E-state index contributed by atoms with van der Waals surface area (Å²) in [7, 11) is 0. The van der Waals surface area contributed by atoms with Gasteiger partial charge in [-0.3, -0.25) is 9.69 Å². The summed E-state index contributed by atoms with van der Waals surface area (Å²) in [6, 6.07) is 5.79. The zero-order valence-electron chi connectivity index (χ0n) is 14.3. The lowest BCUT2D eigenvalue weighted by Crippen LogP contribution is -2.47. The molecule has 1 fully saturated rings. The summed E-state index contributed by atoms with van der Waals surface area (Å²) in [5, 5.41) is 0. The third-order valence-electron chi connectivity index (χ3n) is 4.65. The Morgan fingerprint density at radius 3 is 2.57 bits per heavy atom. The number of Topliss-reactive ketones (excluding diaryl/α,β-unsaturated/α-hetero) is 1. The summed E-state index contributed by atoms with van der Waals surface area (Å²) in [4.78, 5) is 25.1. The molecule has 5 nitrogen and oxygen atoms in total. The van der Waals surface area contributed by atoms with Crippen molar-refractivity contribution in [3.63, 3.8) is 0 Å². The van der Waals surface area contributed by atoms with Crippen LogP contribution >= 0.6 is 0 Å². The number of aromatic nitrogens is 2. The first-order valence-corrected chi connectivity index (χ1v) is 8.54. The number of piperazine rings is 1. The van der Waals surface area contributed by atoms with Gasteiger partial charge >= 0.3 is 0 Å². The molecule has 23 heavy (non-hydrogen) atoms. The third-order valence-corrected chi connectivity index (χ3v) is 4.65. The van der Waals surface area contributed by atoms with Crippen molar-refractivity contribution < 1.29 is 4.79 Å². The minimum Gasteiger partial charge on any atom is -0.342 e. The second-order valence-electron chi connectivity index (χ2n) is 6.64. The zero-order chi connectivity index (χ0) is 16.4. The van der Waals surface area contributed by atoms with Gasteiger partial charge in [-0.15, -0.1) is 0 Å². The minimum atomic E-state index is 0.192. The number of aromatic amines is 1. The Labute approximate surface area is 137 Å². The summed E-state index contributed by atoms with van der Waals surface area (Å²) in [6.07, 6.45) is 0. The van der Waals surface area contributed by atoms with Gasteiger partial charge in [-0.1, -0.05) is 20.8 Å². The monoisotopic (exact) mass is 314 g/mol. The van der Waals surface area contributed by atoms with Crippen molar-refractivity contribution >= 4 is 16.8 Å². The van der Waals surface area contributed by atoms with Crippen LogP contribution in [-0.2, 0) is 0 Å². The number of carbonyl (C=O) groups excluding carboxylic acids is 1. The van der Waals surface area contributed by atoms with Gasteiger partial charge in [-0.2, -0.15) is 0 Å². The zero-order valence-corrected chi connectivity index (χ0v) is 14.3. The summed E-state index contributed by atoms with van der Waals surface area (Å²) in [5.74, 6) is 1.52. The number of nitrogens with one attached hydrogen (secondary N) is 1. The second-order valence-corrected chi connectivity index (χ2v) is 6.64. The fourth-order valence-corrected chi connectivity index (χ4v) is 3.03. The van der Waals surface area contributed by atoms with E-state index >= 15 is 0 Å². The molecule has 0 saturated carbocycles. The average Bonchev–Trinajstić information content (AvgIpc) is 2.99. The fourth-order valence-electron chi connectivity index (χ4n) is 3.03. The van der Waals surface area contributed by atoms with Gasteiger partial charge in [0.15, 0.2) is 5.78 Å². The standard InChI is InChI=1S/C18H26N4O/c1-4-21-7-9-22(10-8-21)12-17(23)14-5-6-15-16(11-14)20-18(19-15)13(2)3/h5-6,11,13H,4,7-10,12H2,1-3H3,(H,19,20). The fraction of sp³-hybridized carbons (Fsp3) is 0.556. The van der Waals surface area contributed by atoms with E-state index < -0.39 is 0 Å². The van der Waals surface area contributed by atoms with Gasteiger partial charge in [0, 0.05) is 37.7 Å². The van der Waals surface area contributed by atoms with E-state index in [9.17, 15) is 4.79 Å². The van der Waals surface area contributed by atoms with Gasteiger partial charge in [-0.25, -0.2) is 4.98 Å². The number of benzene rings is 1. The summed E-state index contributed by atoms with van der Waals surface area (Å²) in [6.45, 7) is 12.1. The van der Waals surface area contributed by atoms with E-state index in [0.717, 1.165) is 55.1 Å². The number of nitrogens with zero attached hydrogens (tertiary/aromatic N) is 3. The van der Waals surface area contributed by atoms with Crippen LogP contribution in [0.5, 0.6) is 0 Å². The number of fused-ring (bicyclic) bond motifs is 1. The highest BCUT2D eigenvalue weighted by atomic mass is 16.1. The van der Waals surface area contributed by atoms with Crippen molar-refractivity contribution in [2.24, 2.45) is 0 Å². The van der Waals surface area contributed by atoms with Gasteiger partial charge in [0.25, 0.3) is 0 Å². The molecule has 2 aromatic rings. The SMILES string of the molecule is CCN1CCN(CC(=O)c2ccc3nc(C(C)C)[nH]c3c2)CC1. The molecule has 0 unspecified atom stereocenters. The molecule has 0 amide bonds. The predicted octanol–water partition coefficient (Wildman–Crippen LogP) is 2.51. The Bertz CT molecular complexity index is 683. The molecule has 1 N–H and O–H groups in total. The van der Waals surface area contributed by atoms with E-state index in [1.807, 2.05) is 18.2 Å². The Kier molecular flexibility index (Phi) is 4.78. The molecule has 0 aliphatic carbocycles. The molecule has 2 heterocycles. The summed E-state index contributed by atoms with van der Waals surface area (Å²) >= 11 is 0. The number of hydrogen-bond donors (Lipinski definition) is 1. The van der Waals surface area contributed by atoms with Crippen LogP contribution in [0.3, 0.4) is 0 Å². The van der Waals surface area contributed by atoms with Gasteiger partial charge in [0.05, 0.1) is 17.6 Å². The summed E-state index contributed by atoms with van der Waals surface area (Å²) < 4.78 is 0. The lowest BCUT2D eigenvalue weighted by Gasteiger charge is -2.33. The van der Waals surface area contributed by atoms with E-state index in [1.165, 1.54) is 0 Å². The van der Waals surface area contributed by atoms with Crippen molar-refractivity contribution in [1.82, 2.24) is 19.8 Å². The highest BCUT2D eigenvalue weighted by Crippen LogP contribution is 2.19. The van der Waals surface area contributed by atoms with Crippen LogP contribution in [0.25, 0.3) is 11.0 Å². The molecule has 1 aromatic carbocycles. The number of hydrogen-bond acceptors (Lipinski definition) is 4. The Hall–Kier alpha value is -1.72. The molecule has 0 atom stereocenters. The first-order valence-electron chi connectivity index (χ1n) is 8.54. The quantitative estimate of drug-likeness (QED) is 0.862. The maximum atomic E-state index is 12.6. The van der Waals surface area contributed by atoms with Crippen molar-refractivity contribution in [2.75, 3.05) is 39.3 Å². The predicted molar refractivity (Wildman–Crippen MR) is 93.1 cm³/mol.